The molecular weight excluding hydrogens is 244 g/mol. The van der Waals surface area contributed by atoms with Gasteiger partial charge in [0.2, 0.25) is 0 Å². The van der Waals surface area contributed by atoms with Crippen LogP contribution < -0.4 is 5.32 Å². The molecule has 0 aromatic heterocycles. The third-order valence-electron chi connectivity index (χ3n) is 5.74. The molecule has 1 aliphatic heterocycles. The van der Waals surface area contributed by atoms with Gasteiger partial charge in [-0.25, -0.2) is 0 Å². The molecule has 2 fully saturated rings. The Kier molecular flexibility index (Phi) is 6.83. The van der Waals surface area contributed by atoms with Crippen molar-refractivity contribution in [1.29, 1.82) is 0 Å². The van der Waals surface area contributed by atoms with Crippen LogP contribution in [0.3, 0.4) is 0 Å². The summed E-state index contributed by atoms with van der Waals surface area (Å²) >= 11 is 0. The molecule has 1 aliphatic carbocycles. The highest BCUT2D eigenvalue weighted by Gasteiger charge is 2.24. The Labute approximate surface area is 126 Å². The van der Waals surface area contributed by atoms with Gasteiger partial charge >= 0.3 is 0 Å². The molecule has 20 heavy (non-hydrogen) atoms. The Morgan fingerprint density at radius 3 is 2.30 bits per heavy atom. The molecule has 0 aromatic carbocycles. The molecule has 0 radical (unpaired) electrons. The van der Waals surface area contributed by atoms with E-state index < -0.39 is 0 Å². The van der Waals surface area contributed by atoms with Crippen molar-refractivity contribution in [3.8, 4) is 0 Å². The lowest BCUT2D eigenvalue weighted by atomic mass is 9.82. The monoisotopic (exact) mass is 280 g/mol. The Hall–Kier alpha value is -0.0800. The summed E-state index contributed by atoms with van der Waals surface area (Å²) in [6.07, 6.45) is 9.92. The Morgan fingerprint density at radius 2 is 1.70 bits per heavy atom. The van der Waals surface area contributed by atoms with Gasteiger partial charge < -0.3 is 10.2 Å². The smallest absolute Gasteiger partial charge is 0.00680 e. The van der Waals surface area contributed by atoms with Crippen LogP contribution in [0.25, 0.3) is 0 Å². The van der Waals surface area contributed by atoms with Crippen molar-refractivity contribution in [2.24, 2.45) is 17.8 Å². The standard InChI is InChI=1S/C18H36N2/c1-4-11-20-12-9-18(10-13-20)16(3)19-14-17-7-5-15(2)6-8-17/h15-19H,4-14H2,1-3H3. The van der Waals surface area contributed by atoms with Gasteiger partial charge in [0.15, 0.2) is 0 Å². The fourth-order valence-electron chi connectivity index (χ4n) is 4.05. The van der Waals surface area contributed by atoms with Crippen LogP contribution in [0, 0.1) is 17.8 Å². The van der Waals surface area contributed by atoms with E-state index in [1.54, 1.807) is 0 Å². The van der Waals surface area contributed by atoms with Crippen LogP contribution >= 0.6 is 0 Å². The number of likely N-dealkylation sites (tertiary alicyclic amines) is 1. The molecule has 0 amide bonds. The van der Waals surface area contributed by atoms with Crippen molar-refractivity contribution in [2.75, 3.05) is 26.2 Å². The highest BCUT2D eigenvalue weighted by molar-refractivity contribution is 4.81. The highest BCUT2D eigenvalue weighted by Crippen LogP contribution is 2.28. The highest BCUT2D eigenvalue weighted by atomic mass is 15.1. The molecule has 1 saturated carbocycles. The number of hydrogen-bond acceptors (Lipinski definition) is 2. The SMILES string of the molecule is CCCN1CCC(C(C)NCC2CCC(C)CC2)CC1. The summed E-state index contributed by atoms with van der Waals surface area (Å²) in [7, 11) is 0. The summed E-state index contributed by atoms with van der Waals surface area (Å²) in [5, 5.41) is 3.87. The van der Waals surface area contributed by atoms with Crippen LogP contribution in [-0.4, -0.2) is 37.1 Å². The molecule has 0 spiro atoms. The van der Waals surface area contributed by atoms with Gasteiger partial charge in [-0.2, -0.15) is 0 Å². The third kappa shape index (κ3) is 5.04. The van der Waals surface area contributed by atoms with Crippen molar-refractivity contribution in [2.45, 2.75) is 71.8 Å². The molecule has 1 heterocycles. The first-order chi connectivity index (χ1) is 9.69. The average molecular weight is 280 g/mol. The largest absolute Gasteiger partial charge is 0.314 e. The van der Waals surface area contributed by atoms with Gasteiger partial charge in [0.25, 0.3) is 0 Å². The summed E-state index contributed by atoms with van der Waals surface area (Å²) in [6, 6.07) is 0.720. The minimum Gasteiger partial charge on any atom is -0.314 e. The minimum atomic E-state index is 0.720. The van der Waals surface area contributed by atoms with Crippen molar-refractivity contribution in [3.63, 3.8) is 0 Å². The van der Waals surface area contributed by atoms with Crippen LogP contribution in [0.5, 0.6) is 0 Å². The van der Waals surface area contributed by atoms with E-state index in [1.807, 2.05) is 0 Å². The zero-order valence-electron chi connectivity index (χ0n) is 14.0. The van der Waals surface area contributed by atoms with Gasteiger partial charge in [-0.15, -0.1) is 0 Å². The summed E-state index contributed by atoms with van der Waals surface area (Å²) in [5.74, 6) is 2.84. The minimum absolute atomic E-state index is 0.720. The first kappa shape index (κ1) is 16.3. The molecule has 1 atom stereocenters. The summed E-state index contributed by atoms with van der Waals surface area (Å²) in [5.41, 5.74) is 0. The Balaban J connectivity index is 1.61. The predicted molar refractivity (Wildman–Crippen MR) is 88.0 cm³/mol. The fraction of sp³-hybridized carbons (Fsp3) is 1.00. The summed E-state index contributed by atoms with van der Waals surface area (Å²) in [6.45, 7) is 12.3. The van der Waals surface area contributed by atoms with Gasteiger partial charge in [-0.05, 0) is 83.0 Å². The predicted octanol–water partition coefficient (Wildman–Crippen LogP) is 3.91. The van der Waals surface area contributed by atoms with E-state index in [2.05, 4.69) is 31.0 Å². The molecule has 2 rings (SSSR count). The quantitative estimate of drug-likeness (QED) is 0.793. The Morgan fingerprint density at radius 1 is 1.05 bits per heavy atom. The first-order valence-corrected chi connectivity index (χ1v) is 9.14. The van der Waals surface area contributed by atoms with Gasteiger partial charge in [-0.1, -0.05) is 26.7 Å². The zero-order chi connectivity index (χ0) is 14.4. The summed E-state index contributed by atoms with van der Waals surface area (Å²) in [4.78, 5) is 2.64. The normalized spacial score (nSPS) is 31.4. The lowest BCUT2D eigenvalue weighted by Crippen LogP contribution is -2.43. The number of nitrogens with zero attached hydrogens (tertiary/aromatic N) is 1. The topological polar surface area (TPSA) is 15.3 Å². The number of rotatable bonds is 6. The van der Waals surface area contributed by atoms with Crippen LogP contribution in [-0.2, 0) is 0 Å². The van der Waals surface area contributed by atoms with Crippen LogP contribution in [0.1, 0.15) is 65.7 Å². The van der Waals surface area contributed by atoms with Crippen LogP contribution in [0.2, 0.25) is 0 Å². The molecule has 2 nitrogen and oxygen atoms in total. The van der Waals surface area contributed by atoms with E-state index >= 15 is 0 Å². The second-order valence-corrected chi connectivity index (χ2v) is 7.50. The lowest BCUT2D eigenvalue weighted by Gasteiger charge is -2.36. The molecule has 1 N–H and O–H groups in total. The van der Waals surface area contributed by atoms with E-state index in [0.717, 1.165) is 23.8 Å². The molecular formula is C18H36N2. The van der Waals surface area contributed by atoms with E-state index in [1.165, 1.54) is 71.1 Å². The molecule has 1 unspecified atom stereocenters. The maximum absolute atomic E-state index is 3.87. The second-order valence-electron chi connectivity index (χ2n) is 7.50. The molecule has 2 heteroatoms. The zero-order valence-corrected chi connectivity index (χ0v) is 14.0. The number of nitrogens with one attached hydrogen (secondary N) is 1. The van der Waals surface area contributed by atoms with E-state index in [-0.39, 0.29) is 0 Å². The van der Waals surface area contributed by atoms with Crippen molar-refractivity contribution in [3.05, 3.63) is 0 Å². The van der Waals surface area contributed by atoms with Crippen molar-refractivity contribution >= 4 is 0 Å². The second kappa shape index (κ2) is 8.38. The van der Waals surface area contributed by atoms with Gasteiger partial charge in [0, 0.05) is 6.04 Å². The molecule has 1 saturated heterocycles. The third-order valence-corrected chi connectivity index (χ3v) is 5.74. The van der Waals surface area contributed by atoms with E-state index in [0.29, 0.717) is 0 Å². The first-order valence-electron chi connectivity index (χ1n) is 9.14. The molecule has 0 bridgehead atoms. The van der Waals surface area contributed by atoms with Gasteiger partial charge in [-0.3, -0.25) is 0 Å². The maximum atomic E-state index is 3.87. The lowest BCUT2D eigenvalue weighted by molar-refractivity contribution is 0.158. The van der Waals surface area contributed by atoms with Gasteiger partial charge in [0.1, 0.15) is 0 Å². The molecule has 0 aromatic rings. The number of hydrogen-bond donors (Lipinski definition) is 1. The number of piperidine rings is 1. The molecule has 2 aliphatic rings. The maximum Gasteiger partial charge on any atom is 0.00680 e. The summed E-state index contributed by atoms with van der Waals surface area (Å²) < 4.78 is 0. The van der Waals surface area contributed by atoms with Crippen LogP contribution in [0.15, 0.2) is 0 Å². The van der Waals surface area contributed by atoms with Crippen LogP contribution in [0.4, 0.5) is 0 Å². The van der Waals surface area contributed by atoms with Crippen molar-refractivity contribution in [1.82, 2.24) is 10.2 Å². The van der Waals surface area contributed by atoms with Gasteiger partial charge in [0.05, 0.1) is 0 Å². The molecule has 118 valence electrons. The van der Waals surface area contributed by atoms with E-state index in [4.69, 9.17) is 0 Å². The fourth-order valence-corrected chi connectivity index (χ4v) is 4.05. The Bertz CT molecular complexity index is 250. The van der Waals surface area contributed by atoms with Crippen molar-refractivity contribution < 1.29 is 0 Å². The average Bonchev–Trinajstić information content (AvgIpc) is 2.47. The van der Waals surface area contributed by atoms with E-state index in [9.17, 15) is 0 Å².